The Morgan fingerprint density at radius 2 is 2.12 bits per heavy atom. The van der Waals surface area contributed by atoms with E-state index in [2.05, 4.69) is 38.9 Å². The third-order valence-electron chi connectivity index (χ3n) is 2.99. The molecular formula is C13H18BrNOS. The Balaban J connectivity index is 2.12. The molecule has 0 spiro atoms. The molecule has 0 radical (unpaired) electrons. The molecule has 1 aromatic carbocycles. The second-order valence-electron chi connectivity index (χ2n) is 5.43. The Morgan fingerprint density at radius 3 is 2.76 bits per heavy atom. The Hall–Kier alpha value is -0.0300. The lowest BCUT2D eigenvalue weighted by atomic mass is 10.1. The zero-order chi connectivity index (χ0) is 12.6. The molecule has 0 saturated carbocycles. The van der Waals surface area contributed by atoms with Gasteiger partial charge < -0.3 is 4.55 Å². The van der Waals surface area contributed by atoms with Gasteiger partial charge in [0, 0.05) is 15.8 Å². The highest BCUT2D eigenvalue weighted by molar-refractivity contribution is 9.10. The van der Waals surface area contributed by atoms with Crippen molar-refractivity contribution in [1.82, 2.24) is 4.72 Å². The average molecular weight is 316 g/mol. The Kier molecular flexibility index (Phi) is 3.88. The second-order valence-corrected chi connectivity index (χ2v) is 8.35. The van der Waals surface area contributed by atoms with Crippen molar-refractivity contribution in [3.05, 3.63) is 33.8 Å². The minimum Gasteiger partial charge on any atom is -0.598 e. The van der Waals surface area contributed by atoms with Gasteiger partial charge in [0.2, 0.25) is 0 Å². The third-order valence-corrected chi connectivity index (χ3v) is 5.09. The number of aryl methyl sites for hydroxylation is 1. The van der Waals surface area contributed by atoms with Crippen LogP contribution in [0.25, 0.3) is 0 Å². The molecule has 0 amide bonds. The van der Waals surface area contributed by atoms with Crippen molar-refractivity contribution in [3.8, 4) is 0 Å². The topological polar surface area (TPSA) is 35.1 Å². The zero-order valence-corrected chi connectivity index (χ0v) is 12.8. The summed E-state index contributed by atoms with van der Waals surface area (Å²) in [6.45, 7) is 5.98. The molecule has 94 valence electrons. The van der Waals surface area contributed by atoms with Gasteiger partial charge in [-0.1, -0.05) is 22.0 Å². The number of nitrogens with one attached hydrogen (secondary N) is 1. The normalized spacial score (nSPS) is 21.4. The Labute approximate surface area is 115 Å². The molecule has 0 saturated heterocycles. The van der Waals surface area contributed by atoms with Gasteiger partial charge in [-0.25, -0.2) is 0 Å². The van der Waals surface area contributed by atoms with Crippen molar-refractivity contribution in [2.75, 3.05) is 0 Å². The van der Waals surface area contributed by atoms with E-state index in [4.69, 9.17) is 0 Å². The van der Waals surface area contributed by atoms with E-state index in [0.29, 0.717) is 0 Å². The van der Waals surface area contributed by atoms with Crippen LogP contribution in [0.5, 0.6) is 0 Å². The fraction of sp³-hybridized carbons (Fsp3) is 0.538. The van der Waals surface area contributed by atoms with E-state index in [0.717, 1.165) is 17.3 Å². The van der Waals surface area contributed by atoms with Crippen LogP contribution in [0.15, 0.2) is 22.7 Å². The van der Waals surface area contributed by atoms with E-state index in [-0.39, 0.29) is 10.8 Å². The lowest BCUT2D eigenvalue weighted by Crippen LogP contribution is -2.40. The number of rotatable bonds is 2. The van der Waals surface area contributed by atoms with Crippen LogP contribution in [0.2, 0.25) is 0 Å². The minimum absolute atomic E-state index is 0.210. The quantitative estimate of drug-likeness (QED) is 0.848. The highest BCUT2D eigenvalue weighted by atomic mass is 79.9. The SMILES string of the molecule is CC(C)(C)[S@@+]([O-])N[C@@H]1CCc2cc(Br)ccc21. The zero-order valence-electron chi connectivity index (χ0n) is 10.4. The second kappa shape index (κ2) is 4.92. The number of hydrogen-bond acceptors (Lipinski definition) is 2. The summed E-state index contributed by atoms with van der Waals surface area (Å²) < 4.78 is 16.2. The fourth-order valence-corrected chi connectivity index (χ4v) is 3.28. The highest BCUT2D eigenvalue weighted by Gasteiger charge is 2.32. The summed E-state index contributed by atoms with van der Waals surface area (Å²) in [5.41, 5.74) is 2.66. The van der Waals surface area contributed by atoms with Crippen LogP contribution in [-0.4, -0.2) is 9.30 Å². The molecule has 0 aliphatic heterocycles. The van der Waals surface area contributed by atoms with E-state index in [1.165, 1.54) is 11.1 Å². The van der Waals surface area contributed by atoms with Crippen LogP contribution >= 0.6 is 15.9 Å². The maximum atomic E-state index is 12.1. The first kappa shape index (κ1) is 13.4. The Bertz CT molecular complexity index is 416. The lowest BCUT2D eigenvalue weighted by molar-refractivity contribution is 0.522. The van der Waals surface area contributed by atoms with Gasteiger partial charge in [-0.15, -0.1) is 4.72 Å². The van der Waals surface area contributed by atoms with Crippen LogP contribution in [0.3, 0.4) is 0 Å². The van der Waals surface area contributed by atoms with E-state index in [1.54, 1.807) is 0 Å². The summed E-state index contributed by atoms with van der Waals surface area (Å²) >= 11 is 2.49. The monoisotopic (exact) mass is 315 g/mol. The first-order valence-electron chi connectivity index (χ1n) is 5.84. The molecule has 4 heteroatoms. The van der Waals surface area contributed by atoms with Crippen molar-refractivity contribution >= 4 is 27.3 Å². The smallest absolute Gasteiger partial charge is 0.136 e. The maximum absolute atomic E-state index is 12.1. The molecule has 0 heterocycles. The average Bonchev–Trinajstić information content (AvgIpc) is 2.59. The molecule has 1 N–H and O–H groups in total. The van der Waals surface area contributed by atoms with Crippen molar-refractivity contribution in [2.45, 2.75) is 44.4 Å². The van der Waals surface area contributed by atoms with E-state index in [1.807, 2.05) is 20.8 Å². The molecule has 1 aliphatic rings. The molecule has 2 rings (SSSR count). The van der Waals surface area contributed by atoms with E-state index < -0.39 is 11.4 Å². The summed E-state index contributed by atoms with van der Waals surface area (Å²) in [6.07, 6.45) is 2.10. The molecule has 2 atom stereocenters. The van der Waals surface area contributed by atoms with Gasteiger partial charge in [0.25, 0.3) is 0 Å². The first-order valence-corrected chi connectivity index (χ1v) is 7.78. The van der Waals surface area contributed by atoms with Crippen LogP contribution in [0.4, 0.5) is 0 Å². The molecular weight excluding hydrogens is 298 g/mol. The Morgan fingerprint density at radius 1 is 1.41 bits per heavy atom. The van der Waals surface area contributed by atoms with Crippen molar-refractivity contribution in [3.63, 3.8) is 0 Å². The molecule has 0 bridgehead atoms. The van der Waals surface area contributed by atoms with Crippen LogP contribution < -0.4 is 4.72 Å². The van der Waals surface area contributed by atoms with Crippen LogP contribution in [-0.2, 0) is 17.8 Å². The number of halogens is 1. The largest absolute Gasteiger partial charge is 0.598 e. The predicted octanol–water partition coefficient (Wildman–Crippen LogP) is 3.49. The maximum Gasteiger partial charge on any atom is 0.136 e. The predicted molar refractivity (Wildman–Crippen MR) is 76.2 cm³/mol. The lowest BCUT2D eigenvalue weighted by Gasteiger charge is -2.26. The molecule has 2 nitrogen and oxygen atoms in total. The molecule has 0 unspecified atom stereocenters. The van der Waals surface area contributed by atoms with Gasteiger partial charge in [0.15, 0.2) is 0 Å². The van der Waals surface area contributed by atoms with Gasteiger partial charge in [0.1, 0.15) is 4.75 Å². The summed E-state index contributed by atoms with van der Waals surface area (Å²) in [5.74, 6) is 0. The molecule has 0 fully saturated rings. The summed E-state index contributed by atoms with van der Waals surface area (Å²) in [4.78, 5) is 0. The summed E-state index contributed by atoms with van der Waals surface area (Å²) in [5, 5.41) is 0. The summed E-state index contributed by atoms with van der Waals surface area (Å²) in [7, 11) is 0. The van der Waals surface area contributed by atoms with Crippen molar-refractivity contribution in [2.24, 2.45) is 0 Å². The van der Waals surface area contributed by atoms with Gasteiger partial charge in [-0.05, 0) is 56.9 Å². The first-order chi connectivity index (χ1) is 7.88. The van der Waals surface area contributed by atoms with Gasteiger partial charge in [0.05, 0.1) is 6.04 Å². The molecule has 0 aromatic heterocycles. The van der Waals surface area contributed by atoms with E-state index in [9.17, 15) is 4.55 Å². The van der Waals surface area contributed by atoms with Crippen LogP contribution in [0.1, 0.15) is 44.4 Å². The van der Waals surface area contributed by atoms with Gasteiger partial charge in [-0.3, -0.25) is 0 Å². The van der Waals surface area contributed by atoms with Gasteiger partial charge in [-0.2, -0.15) is 0 Å². The van der Waals surface area contributed by atoms with E-state index >= 15 is 0 Å². The molecule has 17 heavy (non-hydrogen) atoms. The molecule has 1 aromatic rings. The molecule has 1 aliphatic carbocycles. The van der Waals surface area contributed by atoms with Crippen molar-refractivity contribution in [1.29, 1.82) is 0 Å². The fourth-order valence-electron chi connectivity index (χ4n) is 2.01. The van der Waals surface area contributed by atoms with Crippen molar-refractivity contribution < 1.29 is 4.55 Å². The summed E-state index contributed by atoms with van der Waals surface area (Å²) in [6, 6.07) is 6.58. The number of hydrogen-bond donors (Lipinski definition) is 1. The van der Waals surface area contributed by atoms with Gasteiger partial charge >= 0.3 is 0 Å². The third kappa shape index (κ3) is 3.05. The number of fused-ring (bicyclic) bond motifs is 1. The standard InChI is InChI=1S/C13H18BrNOS/c1-13(2,3)17(16)15-12-7-4-9-8-10(14)5-6-11(9)12/h5-6,8,12,15H,4,7H2,1-3H3/t12-,17-/m1/s1. The highest BCUT2D eigenvalue weighted by Crippen LogP contribution is 2.34. The van der Waals surface area contributed by atoms with Crippen LogP contribution in [0, 0.1) is 0 Å². The number of benzene rings is 1. The minimum atomic E-state index is -1.00.